The van der Waals surface area contributed by atoms with E-state index >= 15 is 0 Å². The highest BCUT2D eigenvalue weighted by atomic mass is 28.4. The third kappa shape index (κ3) is 9.87. The van der Waals surface area contributed by atoms with Crippen LogP contribution in [0.5, 0.6) is 0 Å². The SMILES string of the molecule is CCCC1(C(CC=C[C@H]2[C@H](O[Si](C)(C)C(C)(C)C)CC(O)[C@@H]2CC=CCCCCO)O[Si](C)(C)C(C)(C)C)CCC1. The molecular weight excluding hydrogens is 541 g/mol. The molecule has 41 heavy (non-hydrogen) atoms. The van der Waals surface area contributed by atoms with Crippen LogP contribution in [-0.2, 0) is 8.85 Å². The Kier molecular flexibility index (Phi) is 13.7. The van der Waals surface area contributed by atoms with E-state index in [0.717, 1.165) is 32.1 Å². The zero-order valence-electron chi connectivity index (χ0n) is 28.9. The minimum atomic E-state index is -1.98. The average Bonchev–Trinajstić information content (AvgIpc) is 3.09. The maximum absolute atomic E-state index is 11.3. The van der Waals surface area contributed by atoms with Crippen molar-refractivity contribution in [1.29, 1.82) is 0 Å². The van der Waals surface area contributed by atoms with E-state index in [2.05, 4.69) is 99.0 Å². The van der Waals surface area contributed by atoms with Crippen LogP contribution in [0.25, 0.3) is 0 Å². The van der Waals surface area contributed by atoms with E-state index in [1.165, 1.54) is 32.1 Å². The van der Waals surface area contributed by atoms with Crippen molar-refractivity contribution in [3.63, 3.8) is 0 Å². The van der Waals surface area contributed by atoms with Gasteiger partial charge in [0.05, 0.1) is 18.3 Å². The van der Waals surface area contributed by atoms with Crippen LogP contribution < -0.4 is 0 Å². The number of aliphatic hydroxyl groups excluding tert-OH is 2. The Morgan fingerprint density at radius 1 is 0.927 bits per heavy atom. The first kappa shape index (κ1) is 36.9. The summed E-state index contributed by atoms with van der Waals surface area (Å²) in [6.07, 6.45) is 21.1. The minimum absolute atomic E-state index is 0.0583. The second-order valence-electron chi connectivity index (χ2n) is 16.4. The van der Waals surface area contributed by atoms with Crippen LogP contribution in [0.2, 0.25) is 36.3 Å². The van der Waals surface area contributed by atoms with E-state index < -0.39 is 16.6 Å². The standard InChI is InChI=1S/C35H68O4Si2/c1-12-23-35(24-19-25-35)32(39-41(10,11)34(5,6)7)22-18-21-29-28(20-16-14-13-15-17-26-36)30(37)27-31(29)38-40(8,9)33(2,3)4/h14,16,18,21,28-32,36-37H,12-13,15,17,19-20,22-27H2,1-11H3/t28-,29-,30?,31-,32?/m1/s1. The fourth-order valence-corrected chi connectivity index (χ4v) is 9.06. The van der Waals surface area contributed by atoms with Crippen molar-refractivity contribution >= 4 is 16.6 Å². The van der Waals surface area contributed by atoms with E-state index in [-0.39, 0.29) is 46.8 Å². The number of aliphatic hydroxyl groups is 2. The summed E-state index contributed by atoms with van der Waals surface area (Å²) in [5.74, 6) is 0.376. The molecule has 0 aromatic rings. The summed E-state index contributed by atoms with van der Waals surface area (Å²) in [5.41, 5.74) is 0.317. The summed E-state index contributed by atoms with van der Waals surface area (Å²) in [6.45, 7) is 26.0. The van der Waals surface area contributed by atoms with Crippen molar-refractivity contribution in [2.45, 2.75) is 174 Å². The smallest absolute Gasteiger partial charge is 0.192 e. The summed E-state index contributed by atoms with van der Waals surface area (Å²) < 4.78 is 14.2. The van der Waals surface area contributed by atoms with Gasteiger partial charge in [0.25, 0.3) is 0 Å². The van der Waals surface area contributed by atoms with Gasteiger partial charge in [-0.3, -0.25) is 0 Å². The Balaban J connectivity index is 2.31. The van der Waals surface area contributed by atoms with Gasteiger partial charge in [0.2, 0.25) is 0 Å². The van der Waals surface area contributed by atoms with E-state index in [9.17, 15) is 5.11 Å². The zero-order valence-corrected chi connectivity index (χ0v) is 30.9. The number of hydrogen-bond acceptors (Lipinski definition) is 4. The van der Waals surface area contributed by atoms with Crippen molar-refractivity contribution in [3.05, 3.63) is 24.3 Å². The Morgan fingerprint density at radius 2 is 1.56 bits per heavy atom. The summed E-state index contributed by atoms with van der Waals surface area (Å²) in [4.78, 5) is 0. The van der Waals surface area contributed by atoms with Gasteiger partial charge in [0.1, 0.15) is 0 Å². The van der Waals surface area contributed by atoms with Gasteiger partial charge in [-0.25, -0.2) is 0 Å². The van der Waals surface area contributed by atoms with Crippen LogP contribution in [-0.4, -0.2) is 51.8 Å². The molecular formula is C35H68O4Si2. The zero-order chi connectivity index (χ0) is 31.1. The molecule has 2 unspecified atom stereocenters. The molecule has 0 aliphatic heterocycles. The molecule has 0 aromatic carbocycles. The first-order valence-corrected chi connectivity index (χ1v) is 22.7. The van der Waals surface area contributed by atoms with Crippen LogP contribution in [0.1, 0.15) is 119 Å². The Bertz CT molecular complexity index is 832. The first-order chi connectivity index (χ1) is 18.9. The first-order valence-electron chi connectivity index (χ1n) is 16.9. The quantitative estimate of drug-likeness (QED) is 0.104. The third-order valence-corrected chi connectivity index (χ3v) is 20.2. The Labute approximate surface area is 257 Å². The Morgan fingerprint density at radius 3 is 2.07 bits per heavy atom. The summed E-state index contributed by atoms with van der Waals surface area (Å²) in [6, 6.07) is 0. The lowest BCUT2D eigenvalue weighted by Crippen LogP contribution is -2.51. The lowest BCUT2D eigenvalue weighted by atomic mass is 9.62. The van der Waals surface area contributed by atoms with Gasteiger partial charge in [-0.2, -0.15) is 0 Å². The fourth-order valence-electron chi connectivity index (χ4n) is 6.29. The van der Waals surface area contributed by atoms with Crippen molar-refractivity contribution in [3.8, 4) is 0 Å². The highest BCUT2D eigenvalue weighted by molar-refractivity contribution is 6.74. The number of unbranched alkanes of at least 4 members (excludes halogenated alkanes) is 2. The van der Waals surface area contributed by atoms with Crippen LogP contribution in [0.4, 0.5) is 0 Å². The number of rotatable bonds is 16. The van der Waals surface area contributed by atoms with Gasteiger partial charge in [0.15, 0.2) is 16.6 Å². The third-order valence-electron chi connectivity index (χ3n) is 11.2. The van der Waals surface area contributed by atoms with Crippen molar-refractivity contribution in [2.24, 2.45) is 17.3 Å². The van der Waals surface area contributed by atoms with Gasteiger partial charge < -0.3 is 19.1 Å². The molecule has 0 aromatic heterocycles. The van der Waals surface area contributed by atoms with Gasteiger partial charge in [-0.15, -0.1) is 0 Å². The molecule has 2 fully saturated rings. The van der Waals surface area contributed by atoms with Crippen LogP contribution in [0.15, 0.2) is 24.3 Å². The van der Waals surface area contributed by atoms with Gasteiger partial charge in [-0.1, -0.05) is 85.6 Å². The maximum Gasteiger partial charge on any atom is 0.192 e. The minimum Gasteiger partial charge on any atom is -0.413 e. The average molecular weight is 609 g/mol. The summed E-state index contributed by atoms with van der Waals surface area (Å²) in [7, 11) is -3.89. The Hall–Kier alpha value is -0.246. The van der Waals surface area contributed by atoms with Gasteiger partial charge in [-0.05, 0) is 105 Å². The van der Waals surface area contributed by atoms with Gasteiger partial charge >= 0.3 is 0 Å². The largest absolute Gasteiger partial charge is 0.413 e. The summed E-state index contributed by atoms with van der Waals surface area (Å²) in [5, 5.41) is 20.7. The van der Waals surface area contributed by atoms with E-state index in [1.807, 2.05) is 0 Å². The molecule has 5 atom stereocenters. The van der Waals surface area contributed by atoms with Crippen LogP contribution in [0, 0.1) is 17.3 Å². The molecule has 240 valence electrons. The van der Waals surface area contributed by atoms with Crippen LogP contribution >= 0.6 is 0 Å². The maximum atomic E-state index is 11.3. The topological polar surface area (TPSA) is 58.9 Å². The fraction of sp³-hybridized carbons (Fsp3) is 0.886. The number of allylic oxidation sites excluding steroid dienone is 2. The monoisotopic (exact) mass is 608 g/mol. The van der Waals surface area contributed by atoms with Crippen molar-refractivity contribution < 1.29 is 19.1 Å². The number of hydrogen-bond donors (Lipinski definition) is 2. The molecule has 0 heterocycles. The van der Waals surface area contributed by atoms with E-state index in [1.54, 1.807) is 0 Å². The molecule has 0 saturated heterocycles. The predicted molar refractivity (Wildman–Crippen MR) is 181 cm³/mol. The molecule has 6 heteroatoms. The molecule has 4 nitrogen and oxygen atoms in total. The molecule has 0 spiro atoms. The van der Waals surface area contributed by atoms with Crippen molar-refractivity contribution in [2.75, 3.05) is 6.61 Å². The van der Waals surface area contributed by atoms with Crippen LogP contribution in [0.3, 0.4) is 0 Å². The predicted octanol–water partition coefficient (Wildman–Crippen LogP) is 9.79. The second kappa shape index (κ2) is 15.2. The van der Waals surface area contributed by atoms with E-state index in [0.29, 0.717) is 11.8 Å². The molecule has 0 bridgehead atoms. The van der Waals surface area contributed by atoms with Gasteiger partial charge in [0, 0.05) is 12.5 Å². The molecule has 2 aliphatic rings. The molecule has 2 aliphatic carbocycles. The summed E-state index contributed by atoms with van der Waals surface area (Å²) >= 11 is 0. The van der Waals surface area contributed by atoms with E-state index in [4.69, 9.17) is 14.0 Å². The lowest BCUT2D eigenvalue weighted by Gasteiger charge is -2.51. The molecule has 0 radical (unpaired) electrons. The van der Waals surface area contributed by atoms with Crippen molar-refractivity contribution in [1.82, 2.24) is 0 Å². The molecule has 2 saturated carbocycles. The highest BCUT2D eigenvalue weighted by Crippen LogP contribution is 2.52. The molecule has 2 N–H and O–H groups in total. The lowest BCUT2D eigenvalue weighted by molar-refractivity contribution is -0.0314. The molecule has 2 rings (SSSR count). The molecule has 0 amide bonds. The highest BCUT2D eigenvalue weighted by Gasteiger charge is 2.49. The second-order valence-corrected chi connectivity index (χ2v) is 25.9. The normalized spacial score (nSPS) is 26.7.